The first-order valence-corrected chi connectivity index (χ1v) is 5.49. The van der Waals surface area contributed by atoms with Gasteiger partial charge in [0.05, 0.1) is 0 Å². The molecule has 0 aliphatic rings. The summed E-state index contributed by atoms with van der Waals surface area (Å²) in [6, 6.07) is 3.78. The molecule has 0 aliphatic heterocycles. The molecule has 3 aromatic rings. The van der Waals surface area contributed by atoms with E-state index in [0.717, 1.165) is 46.8 Å². The van der Waals surface area contributed by atoms with Crippen molar-refractivity contribution in [2.45, 2.75) is 26.7 Å². The first-order valence-electron chi connectivity index (χ1n) is 5.49. The Morgan fingerprint density at radius 2 is 1.31 bits per heavy atom. The third-order valence-corrected chi connectivity index (χ3v) is 2.59. The lowest BCUT2D eigenvalue weighted by Gasteiger charge is -1.85. The molecule has 2 aromatic heterocycles. The molecule has 0 radical (unpaired) electrons. The van der Waals surface area contributed by atoms with Gasteiger partial charge in [-0.2, -0.15) is 0 Å². The number of oxazole rings is 2. The van der Waals surface area contributed by atoms with Gasteiger partial charge >= 0.3 is 0 Å². The summed E-state index contributed by atoms with van der Waals surface area (Å²) >= 11 is 0. The van der Waals surface area contributed by atoms with E-state index >= 15 is 0 Å². The lowest BCUT2D eigenvalue weighted by Crippen LogP contribution is -1.75. The van der Waals surface area contributed by atoms with E-state index in [-0.39, 0.29) is 0 Å². The summed E-state index contributed by atoms with van der Waals surface area (Å²) in [5.41, 5.74) is 3.23. The second kappa shape index (κ2) is 3.33. The van der Waals surface area contributed by atoms with Gasteiger partial charge in [0.25, 0.3) is 0 Å². The second-order valence-electron chi connectivity index (χ2n) is 3.71. The molecule has 16 heavy (non-hydrogen) atoms. The molecule has 1 aromatic carbocycles. The predicted octanol–water partition coefficient (Wildman–Crippen LogP) is 3.09. The molecule has 0 N–H and O–H groups in total. The zero-order chi connectivity index (χ0) is 11.1. The van der Waals surface area contributed by atoms with Gasteiger partial charge in [-0.05, 0) is 0 Å². The number of fused-ring (bicyclic) bond motifs is 2. The molecule has 0 atom stereocenters. The largest absolute Gasteiger partial charge is 0.441 e. The fourth-order valence-corrected chi connectivity index (χ4v) is 1.75. The SMILES string of the molecule is CCc1nc2cc3oc(CC)nc3cc2o1. The normalized spacial score (nSPS) is 11.6. The molecule has 0 aliphatic carbocycles. The Morgan fingerprint density at radius 3 is 1.69 bits per heavy atom. The summed E-state index contributed by atoms with van der Waals surface area (Å²) in [7, 11) is 0. The van der Waals surface area contributed by atoms with E-state index in [2.05, 4.69) is 9.97 Å². The fraction of sp³-hybridized carbons (Fsp3) is 0.333. The fourth-order valence-electron chi connectivity index (χ4n) is 1.75. The van der Waals surface area contributed by atoms with E-state index < -0.39 is 0 Å². The van der Waals surface area contributed by atoms with Crippen LogP contribution in [0.2, 0.25) is 0 Å². The molecule has 82 valence electrons. The van der Waals surface area contributed by atoms with Gasteiger partial charge in [-0.1, -0.05) is 13.8 Å². The monoisotopic (exact) mass is 216 g/mol. The highest BCUT2D eigenvalue weighted by Crippen LogP contribution is 2.24. The first kappa shape index (κ1) is 9.39. The zero-order valence-corrected chi connectivity index (χ0v) is 9.28. The molecular formula is C12H12N2O2. The van der Waals surface area contributed by atoms with Crippen molar-refractivity contribution in [1.82, 2.24) is 9.97 Å². The molecule has 4 heteroatoms. The average Bonchev–Trinajstić information content (AvgIpc) is 2.86. The van der Waals surface area contributed by atoms with Crippen molar-refractivity contribution in [3.05, 3.63) is 23.9 Å². The number of nitrogens with zero attached hydrogens (tertiary/aromatic N) is 2. The number of rotatable bonds is 2. The van der Waals surface area contributed by atoms with Crippen LogP contribution in [0.15, 0.2) is 21.0 Å². The summed E-state index contributed by atoms with van der Waals surface area (Å²) in [5.74, 6) is 1.50. The number of aromatic nitrogens is 2. The lowest BCUT2D eigenvalue weighted by molar-refractivity contribution is 0.537. The second-order valence-corrected chi connectivity index (χ2v) is 3.71. The minimum absolute atomic E-state index is 0.748. The predicted molar refractivity (Wildman–Crippen MR) is 60.3 cm³/mol. The van der Waals surface area contributed by atoms with Crippen LogP contribution < -0.4 is 0 Å². The molecule has 0 spiro atoms. The molecule has 0 amide bonds. The van der Waals surface area contributed by atoms with Gasteiger partial charge in [0, 0.05) is 25.0 Å². The molecule has 4 nitrogen and oxygen atoms in total. The Balaban J connectivity index is 2.28. The Hall–Kier alpha value is -1.84. The van der Waals surface area contributed by atoms with Gasteiger partial charge in [0.2, 0.25) is 0 Å². The van der Waals surface area contributed by atoms with Gasteiger partial charge in [0.1, 0.15) is 11.0 Å². The molecule has 0 unspecified atom stereocenters. The van der Waals surface area contributed by atoms with E-state index in [0.29, 0.717) is 0 Å². The molecule has 0 fully saturated rings. The van der Waals surface area contributed by atoms with Crippen LogP contribution in [-0.4, -0.2) is 9.97 Å². The maximum absolute atomic E-state index is 5.58. The van der Waals surface area contributed by atoms with E-state index in [1.807, 2.05) is 26.0 Å². The van der Waals surface area contributed by atoms with Crippen molar-refractivity contribution < 1.29 is 8.83 Å². The maximum atomic E-state index is 5.58. The minimum atomic E-state index is 0.748. The van der Waals surface area contributed by atoms with Crippen molar-refractivity contribution >= 4 is 22.2 Å². The van der Waals surface area contributed by atoms with Gasteiger partial charge in [-0.3, -0.25) is 0 Å². The van der Waals surface area contributed by atoms with Crippen LogP contribution in [0.4, 0.5) is 0 Å². The number of aryl methyl sites for hydroxylation is 2. The highest BCUT2D eigenvalue weighted by molar-refractivity contribution is 5.89. The third kappa shape index (κ3) is 1.30. The Labute approximate surface area is 92.3 Å². The summed E-state index contributed by atoms with van der Waals surface area (Å²) in [5, 5.41) is 0. The highest BCUT2D eigenvalue weighted by Gasteiger charge is 2.10. The van der Waals surface area contributed by atoms with Crippen LogP contribution >= 0.6 is 0 Å². The molecule has 0 saturated heterocycles. The van der Waals surface area contributed by atoms with Crippen LogP contribution in [0, 0.1) is 0 Å². The topological polar surface area (TPSA) is 52.1 Å². The molecule has 0 bridgehead atoms. The molecular weight excluding hydrogens is 204 g/mol. The lowest BCUT2D eigenvalue weighted by atomic mass is 10.3. The van der Waals surface area contributed by atoms with Crippen molar-refractivity contribution in [3.8, 4) is 0 Å². The van der Waals surface area contributed by atoms with Crippen LogP contribution in [0.1, 0.15) is 25.6 Å². The van der Waals surface area contributed by atoms with Gasteiger partial charge in [-0.15, -0.1) is 0 Å². The Bertz CT molecular complexity index is 547. The first-order chi connectivity index (χ1) is 7.80. The van der Waals surface area contributed by atoms with Crippen LogP contribution in [-0.2, 0) is 12.8 Å². The number of hydrogen-bond donors (Lipinski definition) is 0. The third-order valence-electron chi connectivity index (χ3n) is 2.59. The van der Waals surface area contributed by atoms with Crippen LogP contribution in [0.5, 0.6) is 0 Å². The van der Waals surface area contributed by atoms with Crippen molar-refractivity contribution in [3.63, 3.8) is 0 Å². The smallest absolute Gasteiger partial charge is 0.195 e. The molecule has 2 heterocycles. The van der Waals surface area contributed by atoms with E-state index in [4.69, 9.17) is 8.83 Å². The minimum Gasteiger partial charge on any atom is -0.441 e. The van der Waals surface area contributed by atoms with Gasteiger partial charge in [0.15, 0.2) is 22.9 Å². The number of hydrogen-bond acceptors (Lipinski definition) is 4. The van der Waals surface area contributed by atoms with E-state index in [1.54, 1.807) is 0 Å². The van der Waals surface area contributed by atoms with Crippen molar-refractivity contribution in [2.75, 3.05) is 0 Å². The zero-order valence-electron chi connectivity index (χ0n) is 9.28. The van der Waals surface area contributed by atoms with E-state index in [9.17, 15) is 0 Å². The summed E-state index contributed by atoms with van der Waals surface area (Å²) < 4.78 is 11.2. The Kier molecular flexibility index (Phi) is 1.96. The molecule has 3 rings (SSSR count). The maximum Gasteiger partial charge on any atom is 0.195 e. The van der Waals surface area contributed by atoms with E-state index in [1.165, 1.54) is 0 Å². The quantitative estimate of drug-likeness (QED) is 0.660. The van der Waals surface area contributed by atoms with Crippen LogP contribution in [0.25, 0.3) is 22.2 Å². The van der Waals surface area contributed by atoms with Crippen LogP contribution in [0.3, 0.4) is 0 Å². The Morgan fingerprint density at radius 1 is 0.875 bits per heavy atom. The summed E-state index contributed by atoms with van der Waals surface area (Å²) in [4.78, 5) is 8.72. The van der Waals surface area contributed by atoms with Gasteiger partial charge < -0.3 is 8.83 Å². The highest BCUT2D eigenvalue weighted by atomic mass is 16.4. The van der Waals surface area contributed by atoms with Crippen molar-refractivity contribution in [1.29, 1.82) is 0 Å². The number of benzene rings is 1. The standard InChI is InChI=1S/C12H12N2O2/c1-3-11-13-7-5-10-8(6-9(7)15-11)14-12(4-2)16-10/h5-6H,3-4H2,1-2H3. The van der Waals surface area contributed by atoms with Gasteiger partial charge in [-0.25, -0.2) is 9.97 Å². The summed E-state index contributed by atoms with van der Waals surface area (Å²) in [6.07, 6.45) is 1.59. The molecule has 0 saturated carbocycles. The summed E-state index contributed by atoms with van der Waals surface area (Å²) in [6.45, 7) is 4.03. The van der Waals surface area contributed by atoms with Crippen molar-refractivity contribution in [2.24, 2.45) is 0 Å². The average molecular weight is 216 g/mol.